The Hall–Kier alpha value is -3.46. The summed E-state index contributed by atoms with van der Waals surface area (Å²) >= 11 is 0. The maximum Gasteiger partial charge on any atom is 0.162 e. The van der Waals surface area contributed by atoms with E-state index in [4.69, 9.17) is 4.98 Å². The molecule has 1 N–H and O–H groups in total. The van der Waals surface area contributed by atoms with Gasteiger partial charge in [-0.3, -0.25) is 4.79 Å². The second-order valence-corrected chi connectivity index (χ2v) is 6.78. The van der Waals surface area contributed by atoms with Crippen molar-refractivity contribution in [2.45, 2.75) is 19.3 Å². The third kappa shape index (κ3) is 4.09. The zero-order valence-electron chi connectivity index (χ0n) is 15.6. The summed E-state index contributed by atoms with van der Waals surface area (Å²) in [5.74, 6) is 1.09. The van der Waals surface area contributed by atoms with E-state index < -0.39 is 0 Å². The normalized spacial score (nSPS) is 10.7. The lowest BCUT2D eigenvalue weighted by Crippen LogP contribution is -2.00. The Bertz CT molecular complexity index is 981. The Morgan fingerprint density at radius 1 is 0.750 bits per heavy atom. The van der Waals surface area contributed by atoms with Gasteiger partial charge in [0.1, 0.15) is 5.82 Å². The molecule has 138 valence electrons. The minimum Gasteiger partial charge on any atom is -0.341 e. The van der Waals surface area contributed by atoms with Gasteiger partial charge in [0.25, 0.3) is 0 Å². The van der Waals surface area contributed by atoms with Gasteiger partial charge in [0.15, 0.2) is 5.78 Å². The number of nitrogens with zero attached hydrogens (tertiary/aromatic N) is 1. The molecule has 1 aromatic heterocycles. The predicted octanol–water partition coefficient (Wildman–Crippen LogP) is 5.95. The van der Waals surface area contributed by atoms with Crippen LogP contribution in [0.4, 0.5) is 0 Å². The minimum absolute atomic E-state index is 0.179. The fourth-order valence-electron chi connectivity index (χ4n) is 3.34. The fourth-order valence-corrected chi connectivity index (χ4v) is 3.34. The molecule has 0 fully saturated rings. The number of benzene rings is 3. The molecule has 3 heteroatoms. The van der Waals surface area contributed by atoms with E-state index in [2.05, 4.69) is 29.2 Å². The lowest BCUT2D eigenvalue weighted by Gasteiger charge is -2.02. The van der Waals surface area contributed by atoms with E-state index in [1.54, 1.807) is 0 Å². The molecule has 28 heavy (non-hydrogen) atoms. The van der Waals surface area contributed by atoms with Crippen molar-refractivity contribution < 1.29 is 4.79 Å². The summed E-state index contributed by atoms with van der Waals surface area (Å²) in [5.41, 5.74) is 4.95. The Morgan fingerprint density at radius 2 is 1.32 bits per heavy atom. The highest BCUT2D eigenvalue weighted by molar-refractivity contribution is 5.95. The van der Waals surface area contributed by atoms with Crippen LogP contribution in [0.25, 0.3) is 22.5 Å². The van der Waals surface area contributed by atoms with Crippen LogP contribution >= 0.6 is 0 Å². The van der Waals surface area contributed by atoms with Crippen LogP contribution in [0.5, 0.6) is 0 Å². The highest BCUT2D eigenvalue weighted by Gasteiger charge is 2.14. The summed E-state index contributed by atoms with van der Waals surface area (Å²) in [7, 11) is 0. The van der Waals surface area contributed by atoms with Crippen molar-refractivity contribution in [2.24, 2.45) is 0 Å². The van der Waals surface area contributed by atoms with Gasteiger partial charge in [0.2, 0.25) is 0 Å². The Kier molecular flexibility index (Phi) is 5.43. The molecule has 0 bridgehead atoms. The molecule has 1 heterocycles. The molecule has 4 aromatic rings. The molecule has 3 nitrogen and oxygen atoms in total. The van der Waals surface area contributed by atoms with Gasteiger partial charge < -0.3 is 4.98 Å². The first kappa shape index (κ1) is 17.9. The van der Waals surface area contributed by atoms with Crippen LogP contribution in [0.3, 0.4) is 0 Å². The first-order valence-electron chi connectivity index (χ1n) is 9.59. The first-order valence-corrected chi connectivity index (χ1v) is 9.59. The van der Waals surface area contributed by atoms with Crippen molar-refractivity contribution in [1.29, 1.82) is 0 Å². The third-order valence-electron chi connectivity index (χ3n) is 4.78. The Morgan fingerprint density at radius 3 is 1.96 bits per heavy atom. The van der Waals surface area contributed by atoms with E-state index in [0.29, 0.717) is 6.42 Å². The van der Waals surface area contributed by atoms with E-state index in [9.17, 15) is 4.79 Å². The maximum absolute atomic E-state index is 12.3. The van der Waals surface area contributed by atoms with Crippen LogP contribution in [0.15, 0.2) is 91.0 Å². The molecule has 4 rings (SSSR count). The Balaban J connectivity index is 1.53. The maximum atomic E-state index is 12.3. The van der Waals surface area contributed by atoms with Crippen molar-refractivity contribution in [3.63, 3.8) is 0 Å². The second kappa shape index (κ2) is 8.49. The number of imidazole rings is 1. The number of aromatic amines is 1. The van der Waals surface area contributed by atoms with Gasteiger partial charge >= 0.3 is 0 Å². The highest BCUT2D eigenvalue weighted by atomic mass is 16.1. The minimum atomic E-state index is 0.179. The number of hydrogen-bond donors (Lipinski definition) is 1. The lowest BCUT2D eigenvalue weighted by atomic mass is 10.1. The number of hydrogen-bond acceptors (Lipinski definition) is 2. The summed E-state index contributed by atoms with van der Waals surface area (Å²) < 4.78 is 0. The number of carbonyl (C=O) groups is 1. The summed E-state index contributed by atoms with van der Waals surface area (Å²) in [6, 6.07) is 29.9. The van der Waals surface area contributed by atoms with Crippen molar-refractivity contribution in [1.82, 2.24) is 9.97 Å². The molecular formula is C25H22N2O. The molecule has 0 amide bonds. The van der Waals surface area contributed by atoms with E-state index in [1.165, 1.54) is 0 Å². The predicted molar refractivity (Wildman–Crippen MR) is 113 cm³/mol. The molecule has 0 spiro atoms. The number of rotatable bonds is 7. The number of H-pyrrole nitrogens is 1. The van der Waals surface area contributed by atoms with E-state index in [0.717, 1.165) is 46.7 Å². The van der Waals surface area contributed by atoms with Gasteiger partial charge in [-0.15, -0.1) is 0 Å². The van der Waals surface area contributed by atoms with Crippen LogP contribution in [0, 0.1) is 0 Å². The molecule has 0 aliphatic rings. The van der Waals surface area contributed by atoms with Gasteiger partial charge in [-0.1, -0.05) is 91.0 Å². The molecule has 0 saturated carbocycles. The first-order chi connectivity index (χ1) is 13.8. The largest absolute Gasteiger partial charge is 0.341 e. The summed E-state index contributed by atoms with van der Waals surface area (Å²) in [4.78, 5) is 20.7. The van der Waals surface area contributed by atoms with Gasteiger partial charge in [-0.05, 0) is 6.42 Å². The molecule has 0 radical (unpaired) electrons. The number of aromatic nitrogens is 2. The smallest absolute Gasteiger partial charge is 0.162 e. The average molecular weight is 366 g/mol. The molecule has 0 aliphatic carbocycles. The van der Waals surface area contributed by atoms with E-state index in [1.807, 2.05) is 66.7 Å². The van der Waals surface area contributed by atoms with Crippen LogP contribution in [-0.2, 0) is 6.42 Å². The van der Waals surface area contributed by atoms with Crippen molar-refractivity contribution in [3.8, 4) is 22.5 Å². The third-order valence-corrected chi connectivity index (χ3v) is 4.78. The van der Waals surface area contributed by atoms with Gasteiger partial charge in [-0.25, -0.2) is 4.98 Å². The van der Waals surface area contributed by atoms with Crippen LogP contribution in [-0.4, -0.2) is 15.8 Å². The topological polar surface area (TPSA) is 45.8 Å². The number of ketones is 1. The number of carbonyl (C=O) groups excluding carboxylic acids is 1. The molecule has 0 atom stereocenters. The molecule has 0 unspecified atom stereocenters. The lowest BCUT2D eigenvalue weighted by molar-refractivity contribution is 0.0980. The van der Waals surface area contributed by atoms with Gasteiger partial charge in [0.05, 0.1) is 11.4 Å². The van der Waals surface area contributed by atoms with Gasteiger partial charge in [0, 0.05) is 29.5 Å². The van der Waals surface area contributed by atoms with Crippen LogP contribution in [0.1, 0.15) is 29.0 Å². The SMILES string of the molecule is O=C(CCCc1nc(-c2ccccc2)c(-c2ccccc2)[nH]1)c1ccccc1. The molecule has 3 aromatic carbocycles. The molecule has 0 saturated heterocycles. The van der Waals surface area contributed by atoms with Crippen LogP contribution in [0.2, 0.25) is 0 Å². The highest BCUT2D eigenvalue weighted by Crippen LogP contribution is 2.30. The van der Waals surface area contributed by atoms with Crippen molar-refractivity contribution in [3.05, 3.63) is 102 Å². The standard InChI is InChI=1S/C25H22N2O/c28-22(19-11-4-1-5-12-19)17-10-18-23-26-24(20-13-6-2-7-14-20)25(27-23)21-15-8-3-9-16-21/h1-9,11-16H,10,17-18H2,(H,26,27). The zero-order chi connectivity index (χ0) is 19.2. The summed E-state index contributed by atoms with van der Waals surface area (Å²) in [5, 5.41) is 0. The number of Topliss-reactive ketones (excluding diaryl/α,β-unsaturated/α-hetero) is 1. The quantitative estimate of drug-likeness (QED) is 0.411. The van der Waals surface area contributed by atoms with Crippen molar-refractivity contribution in [2.75, 3.05) is 0 Å². The second-order valence-electron chi connectivity index (χ2n) is 6.78. The monoisotopic (exact) mass is 366 g/mol. The van der Waals surface area contributed by atoms with E-state index >= 15 is 0 Å². The van der Waals surface area contributed by atoms with E-state index in [-0.39, 0.29) is 5.78 Å². The Labute approximate surface area is 165 Å². The van der Waals surface area contributed by atoms with Crippen LogP contribution < -0.4 is 0 Å². The van der Waals surface area contributed by atoms with Crippen molar-refractivity contribution >= 4 is 5.78 Å². The summed E-state index contributed by atoms with van der Waals surface area (Å²) in [6.07, 6.45) is 2.03. The number of nitrogens with one attached hydrogen (secondary N) is 1. The number of aryl methyl sites for hydroxylation is 1. The van der Waals surface area contributed by atoms with Gasteiger partial charge in [-0.2, -0.15) is 0 Å². The average Bonchev–Trinajstić information content (AvgIpc) is 3.20. The fraction of sp³-hybridized carbons (Fsp3) is 0.120. The summed E-state index contributed by atoms with van der Waals surface area (Å²) in [6.45, 7) is 0. The molecular weight excluding hydrogens is 344 g/mol. The molecule has 0 aliphatic heterocycles. The zero-order valence-corrected chi connectivity index (χ0v) is 15.6.